The van der Waals surface area contributed by atoms with E-state index in [4.69, 9.17) is 0 Å². The van der Waals surface area contributed by atoms with Gasteiger partial charge in [0.2, 0.25) is 5.91 Å². The molecule has 1 aromatic rings. The summed E-state index contributed by atoms with van der Waals surface area (Å²) in [6.45, 7) is 3.03. The first-order valence-electron chi connectivity index (χ1n) is 8.06. The number of hydrogen-bond acceptors (Lipinski definition) is 2. The number of rotatable bonds is 3. The molecule has 2 aliphatic rings. The Morgan fingerprint density at radius 3 is 2.62 bits per heavy atom. The van der Waals surface area contributed by atoms with Crippen molar-refractivity contribution in [2.24, 2.45) is 11.8 Å². The summed E-state index contributed by atoms with van der Waals surface area (Å²) in [6.07, 6.45) is -4.99. The van der Waals surface area contributed by atoms with Crippen molar-refractivity contribution in [1.29, 1.82) is 0 Å². The molecule has 24 heavy (non-hydrogen) atoms. The predicted molar refractivity (Wildman–Crippen MR) is 80.6 cm³/mol. The molecule has 3 nitrogen and oxygen atoms in total. The third-order valence-electron chi connectivity index (χ3n) is 5.05. The average molecular weight is 344 g/mol. The number of likely N-dealkylation sites (tertiary alicyclic amines) is 2. The number of fused-ring (bicyclic) bond motifs is 1. The first-order valence-corrected chi connectivity index (χ1v) is 8.06. The van der Waals surface area contributed by atoms with Crippen molar-refractivity contribution in [3.05, 3.63) is 35.6 Å². The van der Waals surface area contributed by atoms with Gasteiger partial charge in [-0.15, -0.1) is 0 Å². The lowest BCUT2D eigenvalue weighted by atomic mass is 9.89. The zero-order valence-corrected chi connectivity index (χ0v) is 13.4. The monoisotopic (exact) mass is 344 g/mol. The molecule has 0 N–H and O–H groups in total. The van der Waals surface area contributed by atoms with Gasteiger partial charge in [-0.2, -0.15) is 13.2 Å². The minimum Gasteiger partial charge on any atom is -0.335 e. The summed E-state index contributed by atoms with van der Waals surface area (Å²) in [4.78, 5) is 15.5. The largest absolute Gasteiger partial charge is 0.390 e. The summed E-state index contributed by atoms with van der Waals surface area (Å²) in [5, 5.41) is 0. The van der Waals surface area contributed by atoms with Gasteiger partial charge in [-0.1, -0.05) is 12.1 Å². The van der Waals surface area contributed by atoms with E-state index in [1.54, 1.807) is 17.0 Å². The summed E-state index contributed by atoms with van der Waals surface area (Å²) in [7, 11) is 0. The van der Waals surface area contributed by atoms with Crippen molar-refractivity contribution in [2.75, 3.05) is 26.2 Å². The van der Waals surface area contributed by atoms with E-state index < -0.39 is 12.6 Å². The zero-order valence-electron chi connectivity index (χ0n) is 13.4. The van der Waals surface area contributed by atoms with E-state index in [0.29, 0.717) is 19.6 Å². The Balaban J connectivity index is 1.77. The van der Waals surface area contributed by atoms with Crippen molar-refractivity contribution < 1.29 is 22.4 Å². The Kier molecular flexibility index (Phi) is 4.55. The molecule has 1 amide bonds. The number of hydrogen-bond donors (Lipinski definition) is 0. The number of carbonyl (C=O) groups excluding carboxylic acids is 1. The second-order valence-corrected chi connectivity index (χ2v) is 6.72. The summed E-state index contributed by atoms with van der Waals surface area (Å²) in [5.41, 5.74) is 0.718. The molecule has 0 radical (unpaired) electrons. The van der Waals surface area contributed by atoms with Gasteiger partial charge >= 0.3 is 6.18 Å². The lowest BCUT2D eigenvalue weighted by Gasteiger charge is -2.29. The summed E-state index contributed by atoms with van der Waals surface area (Å²) < 4.78 is 50.9. The summed E-state index contributed by atoms with van der Waals surface area (Å²) in [5.74, 6) is -0.272. The Morgan fingerprint density at radius 2 is 2.00 bits per heavy atom. The van der Waals surface area contributed by atoms with Crippen LogP contribution in [0.5, 0.6) is 0 Å². The highest BCUT2D eigenvalue weighted by molar-refractivity contribution is 5.74. The minimum absolute atomic E-state index is 0.0214. The molecule has 7 heteroatoms. The van der Waals surface area contributed by atoms with Crippen LogP contribution in [0.15, 0.2) is 24.3 Å². The maximum absolute atomic E-state index is 13.6. The molecule has 0 bridgehead atoms. The highest BCUT2D eigenvalue weighted by Crippen LogP contribution is 2.45. The van der Waals surface area contributed by atoms with E-state index in [2.05, 4.69) is 0 Å². The molecule has 0 saturated carbocycles. The Bertz CT molecular complexity index is 619. The van der Waals surface area contributed by atoms with Crippen LogP contribution in [0.3, 0.4) is 0 Å². The first-order chi connectivity index (χ1) is 11.2. The molecule has 0 aromatic heterocycles. The third-order valence-corrected chi connectivity index (χ3v) is 5.05. The van der Waals surface area contributed by atoms with Crippen LogP contribution in [0.2, 0.25) is 0 Å². The number of amides is 1. The highest BCUT2D eigenvalue weighted by Gasteiger charge is 2.48. The van der Waals surface area contributed by atoms with Gasteiger partial charge in [0.1, 0.15) is 5.82 Å². The number of nitrogens with zero attached hydrogens (tertiary/aromatic N) is 2. The van der Waals surface area contributed by atoms with Gasteiger partial charge in [-0.25, -0.2) is 4.39 Å². The van der Waals surface area contributed by atoms with Gasteiger partial charge in [-0.3, -0.25) is 4.79 Å². The molecule has 2 saturated heterocycles. The topological polar surface area (TPSA) is 23.6 Å². The van der Waals surface area contributed by atoms with Gasteiger partial charge in [0.15, 0.2) is 0 Å². The summed E-state index contributed by atoms with van der Waals surface area (Å²) in [6, 6.07) is 5.88. The van der Waals surface area contributed by atoms with Crippen molar-refractivity contribution in [2.45, 2.75) is 25.6 Å². The molecule has 2 aliphatic heterocycles. The van der Waals surface area contributed by atoms with E-state index in [1.807, 2.05) is 4.90 Å². The normalized spacial score (nSPS) is 27.5. The molecular formula is C17H20F4N2O. The second kappa shape index (κ2) is 6.35. The maximum Gasteiger partial charge on any atom is 0.390 e. The number of benzene rings is 1. The lowest BCUT2D eigenvalue weighted by Crippen LogP contribution is -2.35. The quantitative estimate of drug-likeness (QED) is 0.786. The van der Waals surface area contributed by atoms with Crippen LogP contribution in [0.25, 0.3) is 0 Å². The fourth-order valence-corrected chi connectivity index (χ4v) is 4.05. The number of alkyl halides is 3. The predicted octanol–water partition coefficient (Wildman–Crippen LogP) is 3.23. The third kappa shape index (κ3) is 3.55. The van der Waals surface area contributed by atoms with Crippen molar-refractivity contribution in [3.8, 4) is 0 Å². The molecule has 2 heterocycles. The molecule has 0 aliphatic carbocycles. The van der Waals surface area contributed by atoms with Gasteiger partial charge in [0, 0.05) is 39.0 Å². The molecule has 3 atom stereocenters. The van der Waals surface area contributed by atoms with E-state index >= 15 is 0 Å². The van der Waals surface area contributed by atoms with E-state index in [9.17, 15) is 22.4 Å². The molecule has 1 aromatic carbocycles. The van der Waals surface area contributed by atoms with Crippen molar-refractivity contribution >= 4 is 5.91 Å². The van der Waals surface area contributed by atoms with Crippen LogP contribution >= 0.6 is 0 Å². The van der Waals surface area contributed by atoms with E-state index in [-0.39, 0.29) is 36.1 Å². The van der Waals surface area contributed by atoms with Crippen LogP contribution in [0.4, 0.5) is 17.6 Å². The van der Waals surface area contributed by atoms with Crippen molar-refractivity contribution in [3.63, 3.8) is 0 Å². The first kappa shape index (κ1) is 17.2. The lowest BCUT2D eigenvalue weighted by molar-refractivity contribution is -0.137. The van der Waals surface area contributed by atoms with Crippen molar-refractivity contribution in [1.82, 2.24) is 9.80 Å². The molecular weight excluding hydrogens is 324 g/mol. The SMILES string of the molecule is CC(=O)N1C[C@H]2CN(CCC(F)(F)F)C[C@H]2[C@H]1c1cccc(F)c1. The Labute approximate surface area is 138 Å². The Morgan fingerprint density at radius 1 is 1.25 bits per heavy atom. The smallest absolute Gasteiger partial charge is 0.335 e. The zero-order chi connectivity index (χ0) is 17.5. The molecule has 2 fully saturated rings. The Hall–Kier alpha value is -1.63. The number of carbonyl (C=O) groups is 1. The molecule has 0 spiro atoms. The van der Waals surface area contributed by atoms with Gasteiger partial charge in [0.05, 0.1) is 12.5 Å². The van der Waals surface area contributed by atoms with Gasteiger partial charge in [0.25, 0.3) is 0 Å². The highest BCUT2D eigenvalue weighted by atomic mass is 19.4. The van der Waals surface area contributed by atoms with E-state index in [0.717, 1.165) is 5.56 Å². The standard InChI is InChI=1S/C17H20F4N2O/c1-11(24)23-9-13-8-22(6-5-17(19,20)21)10-15(13)16(23)12-3-2-4-14(18)7-12/h2-4,7,13,15-16H,5-6,8-10H2,1H3/t13-,15-,16-/m1/s1. The van der Waals surface area contributed by atoms with Gasteiger partial charge < -0.3 is 9.80 Å². The number of halogens is 4. The van der Waals surface area contributed by atoms with Crippen LogP contribution in [0, 0.1) is 17.7 Å². The maximum atomic E-state index is 13.6. The van der Waals surface area contributed by atoms with Crippen LogP contribution < -0.4 is 0 Å². The van der Waals surface area contributed by atoms with E-state index in [1.165, 1.54) is 19.1 Å². The fraction of sp³-hybridized carbons (Fsp3) is 0.588. The van der Waals surface area contributed by atoms with Crippen LogP contribution in [-0.2, 0) is 4.79 Å². The van der Waals surface area contributed by atoms with Gasteiger partial charge in [-0.05, 0) is 23.6 Å². The molecule has 0 unspecified atom stereocenters. The minimum atomic E-state index is -4.16. The molecule has 3 rings (SSSR count). The van der Waals surface area contributed by atoms with Crippen LogP contribution in [0.1, 0.15) is 24.9 Å². The summed E-state index contributed by atoms with van der Waals surface area (Å²) >= 11 is 0. The fourth-order valence-electron chi connectivity index (χ4n) is 4.05. The molecule has 132 valence electrons. The average Bonchev–Trinajstić information content (AvgIpc) is 3.01. The van der Waals surface area contributed by atoms with Crippen LogP contribution in [-0.4, -0.2) is 48.1 Å². The second-order valence-electron chi connectivity index (χ2n) is 6.72.